The molecule has 0 unspecified atom stereocenters. The Hall–Kier alpha value is -3.84. The first-order valence-corrected chi connectivity index (χ1v) is 12.3. The Bertz CT molecular complexity index is 1470. The zero-order chi connectivity index (χ0) is 24.8. The van der Waals surface area contributed by atoms with Crippen LogP contribution in [0, 0.1) is 6.92 Å². The molecule has 1 N–H and O–H groups in total. The second kappa shape index (κ2) is 8.99. The zero-order valence-electron chi connectivity index (χ0n) is 19.6. The van der Waals surface area contributed by atoms with Crippen LogP contribution >= 0.6 is 11.6 Å². The number of aromatic carboxylic acids is 1. The van der Waals surface area contributed by atoms with Gasteiger partial charge in [-0.2, -0.15) is 0 Å². The van der Waals surface area contributed by atoms with E-state index < -0.39 is 5.97 Å². The Labute approximate surface area is 212 Å². The topological polar surface area (TPSA) is 94.7 Å². The number of aromatic nitrogens is 2. The van der Waals surface area contributed by atoms with Gasteiger partial charge in [-0.05, 0) is 68.0 Å². The number of carboxylic acid groups (broad SMARTS) is 1. The lowest BCUT2D eigenvalue weighted by atomic mass is 10.0. The lowest BCUT2D eigenvalue weighted by Gasteiger charge is -2.12. The summed E-state index contributed by atoms with van der Waals surface area (Å²) >= 11 is 6.54. The summed E-state index contributed by atoms with van der Waals surface area (Å²) in [7, 11) is 0. The van der Waals surface area contributed by atoms with Gasteiger partial charge >= 0.3 is 5.97 Å². The molecule has 8 heteroatoms. The predicted molar refractivity (Wildman–Crippen MR) is 133 cm³/mol. The maximum Gasteiger partial charge on any atom is 0.335 e. The van der Waals surface area contributed by atoms with Gasteiger partial charge in [0.25, 0.3) is 0 Å². The maximum absolute atomic E-state index is 11.3. The van der Waals surface area contributed by atoms with Gasteiger partial charge in [0.05, 0.1) is 22.3 Å². The number of fused-ring (bicyclic) bond motifs is 2. The number of nitrogens with zero attached hydrogens (tertiary/aromatic N) is 2. The zero-order valence-corrected chi connectivity index (χ0v) is 20.3. The molecule has 6 rings (SSSR count). The van der Waals surface area contributed by atoms with Crippen LogP contribution in [0.3, 0.4) is 0 Å². The van der Waals surface area contributed by atoms with Crippen molar-refractivity contribution in [3.8, 4) is 28.6 Å². The minimum absolute atomic E-state index is 0.182. The van der Waals surface area contributed by atoms with Crippen LogP contribution in [0.1, 0.15) is 57.1 Å². The summed E-state index contributed by atoms with van der Waals surface area (Å²) in [6, 6.07) is 12.6. The fourth-order valence-corrected chi connectivity index (χ4v) is 4.91. The van der Waals surface area contributed by atoms with Crippen molar-refractivity contribution in [1.29, 1.82) is 0 Å². The van der Waals surface area contributed by atoms with E-state index in [1.54, 1.807) is 24.4 Å². The van der Waals surface area contributed by atoms with E-state index in [9.17, 15) is 9.90 Å². The molecule has 4 aromatic rings. The van der Waals surface area contributed by atoms with Crippen molar-refractivity contribution in [3.63, 3.8) is 0 Å². The fraction of sp³-hybridized carbons (Fsp3) is 0.250. The monoisotopic (exact) mass is 502 g/mol. The Morgan fingerprint density at radius 1 is 1.17 bits per heavy atom. The molecule has 0 atom stereocenters. The van der Waals surface area contributed by atoms with Crippen molar-refractivity contribution >= 4 is 17.6 Å². The summed E-state index contributed by atoms with van der Waals surface area (Å²) in [6.45, 7) is 2.28. The van der Waals surface area contributed by atoms with Crippen LogP contribution < -0.4 is 9.47 Å². The molecule has 1 saturated carbocycles. The molecule has 2 aromatic heterocycles. The SMILES string of the molecule is Cc1cccc(Cl)c1-c1noc(C2CC2)c1COc1cnc2c(c1)CCc1ccc(C(=O)O)cc1O2. The molecule has 0 saturated heterocycles. The molecule has 1 aliphatic carbocycles. The molecule has 0 spiro atoms. The number of rotatable bonds is 6. The molecule has 0 radical (unpaired) electrons. The van der Waals surface area contributed by atoms with Gasteiger partial charge < -0.3 is 19.1 Å². The molecule has 1 aliphatic heterocycles. The van der Waals surface area contributed by atoms with Crippen LogP contribution in [0.2, 0.25) is 5.02 Å². The second-order valence-corrected chi connectivity index (χ2v) is 9.64. The quantitative estimate of drug-likeness (QED) is 0.312. The Balaban J connectivity index is 1.27. The summed E-state index contributed by atoms with van der Waals surface area (Å²) in [6.07, 6.45) is 5.18. The van der Waals surface area contributed by atoms with Crippen LogP contribution in [-0.2, 0) is 19.4 Å². The molecule has 2 aliphatic rings. The summed E-state index contributed by atoms with van der Waals surface area (Å²) in [4.78, 5) is 15.8. The van der Waals surface area contributed by atoms with Gasteiger partial charge in [0.1, 0.15) is 29.6 Å². The molecule has 3 heterocycles. The molecular weight excluding hydrogens is 480 g/mol. The Morgan fingerprint density at radius 3 is 2.78 bits per heavy atom. The number of halogens is 1. The van der Waals surface area contributed by atoms with E-state index in [1.165, 1.54) is 0 Å². The van der Waals surface area contributed by atoms with Gasteiger partial charge in [0, 0.05) is 17.0 Å². The number of ether oxygens (including phenoxy) is 2. The predicted octanol–water partition coefficient (Wildman–Crippen LogP) is 6.74. The van der Waals surface area contributed by atoms with Crippen LogP contribution in [-0.4, -0.2) is 21.2 Å². The van der Waals surface area contributed by atoms with E-state index in [0.717, 1.165) is 52.1 Å². The highest BCUT2D eigenvalue weighted by molar-refractivity contribution is 6.33. The molecule has 0 amide bonds. The van der Waals surface area contributed by atoms with E-state index >= 15 is 0 Å². The van der Waals surface area contributed by atoms with Gasteiger partial charge in [0.2, 0.25) is 5.88 Å². The second-order valence-electron chi connectivity index (χ2n) is 9.23. The fourth-order valence-electron chi connectivity index (χ4n) is 4.60. The highest BCUT2D eigenvalue weighted by Gasteiger charge is 2.33. The van der Waals surface area contributed by atoms with Crippen molar-refractivity contribution in [2.75, 3.05) is 0 Å². The normalized spacial score (nSPS) is 14.4. The van der Waals surface area contributed by atoms with E-state index in [2.05, 4.69) is 10.1 Å². The number of hydrogen-bond donors (Lipinski definition) is 1. The maximum atomic E-state index is 11.3. The van der Waals surface area contributed by atoms with Crippen LogP contribution in [0.15, 0.2) is 53.2 Å². The largest absolute Gasteiger partial charge is 0.487 e. The van der Waals surface area contributed by atoms with Crippen molar-refractivity contribution in [3.05, 3.63) is 87.3 Å². The molecule has 7 nitrogen and oxygen atoms in total. The summed E-state index contributed by atoms with van der Waals surface area (Å²) in [5.41, 5.74) is 5.54. The first-order chi connectivity index (χ1) is 17.5. The average Bonchev–Trinajstić information content (AvgIpc) is 3.65. The molecule has 0 bridgehead atoms. The van der Waals surface area contributed by atoms with E-state index in [0.29, 0.717) is 41.2 Å². The number of carbonyl (C=O) groups is 1. The first kappa shape index (κ1) is 22.6. The average molecular weight is 503 g/mol. The Kier molecular flexibility index (Phi) is 5.64. The standard InChI is InChI=1S/C28H23ClN2O5/c1-15-3-2-4-22(29)24(15)25-21(26(36-31-25)17-7-8-17)14-34-20-11-18-9-5-16-6-10-19(28(32)33)12-23(16)35-27(18)30-13-20/h2-4,6,10-13,17H,5,7-9,14H2,1H3,(H,32,33). The molecule has 1 fully saturated rings. The summed E-state index contributed by atoms with van der Waals surface area (Å²) in [5.74, 6) is 1.82. The van der Waals surface area contributed by atoms with Gasteiger partial charge in [-0.1, -0.05) is 35.0 Å². The van der Waals surface area contributed by atoms with Crippen LogP contribution in [0.25, 0.3) is 11.3 Å². The smallest absolute Gasteiger partial charge is 0.335 e. The summed E-state index contributed by atoms with van der Waals surface area (Å²) in [5, 5.41) is 14.3. The molecule has 182 valence electrons. The number of pyridine rings is 1. The van der Waals surface area contributed by atoms with Crippen LogP contribution in [0.4, 0.5) is 0 Å². The first-order valence-electron chi connectivity index (χ1n) is 11.9. The number of aryl methyl sites for hydroxylation is 3. The van der Waals surface area contributed by atoms with Gasteiger partial charge in [0.15, 0.2) is 0 Å². The third-order valence-corrected chi connectivity index (χ3v) is 7.01. The lowest BCUT2D eigenvalue weighted by molar-refractivity contribution is 0.0696. The van der Waals surface area contributed by atoms with E-state index in [-0.39, 0.29) is 12.2 Å². The number of benzene rings is 2. The lowest BCUT2D eigenvalue weighted by Crippen LogP contribution is -2.02. The Morgan fingerprint density at radius 2 is 2.00 bits per heavy atom. The van der Waals surface area contributed by atoms with Crippen molar-refractivity contribution in [1.82, 2.24) is 10.1 Å². The third kappa shape index (κ3) is 4.20. The van der Waals surface area contributed by atoms with Crippen molar-refractivity contribution < 1.29 is 23.9 Å². The minimum atomic E-state index is -0.992. The number of carboxylic acids is 1. The number of hydrogen-bond acceptors (Lipinski definition) is 6. The van der Waals surface area contributed by atoms with Gasteiger partial charge in [-0.25, -0.2) is 9.78 Å². The summed E-state index contributed by atoms with van der Waals surface area (Å²) < 4.78 is 18.0. The molecule has 36 heavy (non-hydrogen) atoms. The highest BCUT2D eigenvalue weighted by atomic mass is 35.5. The third-order valence-electron chi connectivity index (χ3n) is 6.69. The molecule has 2 aromatic carbocycles. The van der Waals surface area contributed by atoms with Crippen molar-refractivity contribution in [2.24, 2.45) is 0 Å². The van der Waals surface area contributed by atoms with Crippen LogP contribution in [0.5, 0.6) is 17.4 Å². The van der Waals surface area contributed by atoms with Gasteiger partial charge in [-0.3, -0.25) is 0 Å². The minimum Gasteiger partial charge on any atom is -0.487 e. The molecular formula is C28H23ClN2O5. The van der Waals surface area contributed by atoms with E-state index in [4.69, 9.17) is 25.6 Å². The van der Waals surface area contributed by atoms with Gasteiger partial charge in [-0.15, -0.1) is 0 Å². The van der Waals surface area contributed by atoms with Crippen molar-refractivity contribution in [2.45, 2.75) is 45.1 Å². The highest BCUT2D eigenvalue weighted by Crippen LogP contribution is 2.45. The van der Waals surface area contributed by atoms with E-state index in [1.807, 2.05) is 31.2 Å².